The van der Waals surface area contributed by atoms with Crippen LogP contribution >= 0.6 is 11.8 Å². The maximum Gasteiger partial charge on any atom is 0.411 e. The molecule has 0 unspecified atom stereocenters. The van der Waals surface area contributed by atoms with Crippen molar-refractivity contribution >= 4 is 23.8 Å². The first-order valence-electron chi connectivity index (χ1n) is 7.24. The van der Waals surface area contributed by atoms with Crippen LogP contribution in [-0.2, 0) is 9.53 Å². The molecule has 1 heterocycles. The van der Waals surface area contributed by atoms with Crippen LogP contribution in [0.4, 0.5) is 4.79 Å². The lowest BCUT2D eigenvalue weighted by molar-refractivity contribution is -0.125. The summed E-state index contributed by atoms with van der Waals surface area (Å²) in [6.45, 7) is 5.51. The molecule has 5 nitrogen and oxygen atoms in total. The Labute approximate surface area is 124 Å². The molecule has 114 valence electrons. The largest absolute Gasteiger partial charge is 0.444 e. The molecule has 0 aromatic heterocycles. The van der Waals surface area contributed by atoms with E-state index in [-0.39, 0.29) is 11.9 Å². The Bertz CT molecular complexity index is 375. The summed E-state index contributed by atoms with van der Waals surface area (Å²) in [4.78, 5) is 26.0. The molecule has 2 amide bonds. The number of hydrogen-bond acceptors (Lipinski definition) is 4. The van der Waals surface area contributed by atoms with E-state index in [1.807, 2.05) is 20.8 Å². The van der Waals surface area contributed by atoms with Crippen LogP contribution in [0, 0.1) is 0 Å². The van der Waals surface area contributed by atoms with Crippen LogP contribution in [-0.4, -0.2) is 46.2 Å². The van der Waals surface area contributed by atoms with Gasteiger partial charge in [-0.3, -0.25) is 9.69 Å². The highest BCUT2D eigenvalue weighted by atomic mass is 32.2. The molecule has 20 heavy (non-hydrogen) atoms. The van der Waals surface area contributed by atoms with E-state index in [0.717, 1.165) is 12.8 Å². The summed E-state index contributed by atoms with van der Waals surface area (Å²) in [5.41, 5.74) is -0.531. The number of hydrogen-bond donors (Lipinski definition) is 1. The van der Waals surface area contributed by atoms with E-state index in [4.69, 9.17) is 4.74 Å². The minimum Gasteiger partial charge on any atom is -0.444 e. The number of nitrogens with zero attached hydrogens (tertiary/aromatic N) is 1. The maximum absolute atomic E-state index is 12.3. The molecule has 2 fully saturated rings. The standard InChI is InChI=1S/C14H24N2O3S/c1-14(2,3)19-13(18)16-9-20-8-11(16)12(17)15-10-6-4-5-7-10/h10-11H,4-9H2,1-3H3,(H,15,17)/t11-/m1/s1. The van der Waals surface area contributed by atoms with E-state index < -0.39 is 17.7 Å². The number of carbonyl (C=O) groups excluding carboxylic acids is 2. The smallest absolute Gasteiger partial charge is 0.411 e. The monoisotopic (exact) mass is 300 g/mol. The Morgan fingerprint density at radius 2 is 1.90 bits per heavy atom. The van der Waals surface area contributed by atoms with Crippen molar-refractivity contribution in [2.75, 3.05) is 11.6 Å². The molecule has 6 heteroatoms. The van der Waals surface area contributed by atoms with Gasteiger partial charge in [0.2, 0.25) is 5.91 Å². The predicted octanol–water partition coefficient (Wildman–Crippen LogP) is 2.36. The molecule has 1 N–H and O–H groups in total. The third-order valence-corrected chi connectivity index (χ3v) is 4.53. The van der Waals surface area contributed by atoms with Gasteiger partial charge in [0.25, 0.3) is 0 Å². The molecule has 1 saturated heterocycles. The molecule has 0 aromatic carbocycles. The van der Waals surface area contributed by atoms with Gasteiger partial charge in [-0.15, -0.1) is 11.8 Å². The molecule has 0 aromatic rings. The average Bonchev–Trinajstić information content (AvgIpc) is 2.96. The van der Waals surface area contributed by atoms with E-state index in [9.17, 15) is 9.59 Å². The van der Waals surface area contributed by atoms with Crippen LogP contribution < -0.4 is 5.32 Å². The topological polar surface area (TPSA) is 58.6 Å². The Balaban J connectivity index is 1.92. The van der Waals surface area contributed by atoms with Crippen LogP contribution in [0.25, 0.3) is 0 Å². The molecule has 2 rings (SSSR count). The van der Waals surface area contributed by atoms with Crippen molar-refractivity contribution in [2.45, 2.75) is 64.1 Å². The minimum atomic E-state index is -0.531. The van der Waals surface area contributed by atoms with E-state index in [1.54, 1.807) is 16.7 Å². The van der Waals surface area contributed by atoms with Gasteiger partial charge in [0.1, 0.15) is 11.6 Å². The van der Waals surface area contributed by atoms with Gasteiger partial charge in [-0.1, -0.05) is 12.8 Å². The molecular formula is C14H24N2O3S. The average molecular weight is 300 g/mol. The van der Waals surface area contributed by atoms with Crippen LogP contribution in [0.1, 0.15) is 46.5 Å². The third kappa shape index (κ3) is 4.04. The first-order valence-corrected chi connectivity index (χ1v) is 8.40. The number of amides is 2. The summed E-state index contributed by atoms with van der Waals surface area (Å²) in [6.07, 6.45) is 4.07. The molecule has 2 aliphatic rings. The van der Waals surface area contributed by atoms with E-state index in [2.05, 4.69) is 5.32 Å². The van der Waals surface area contributed by atoms with Crippen molar-refractivity contribution in [1.29, 1.82) is 0 Å². The summed E-state index contributed by atoms with van der Waals surface area (Å²) in [7, 11) is 0. The first-order chi connectivity index (χ1) is 9.37. The summed E-state index contributed by atoms with van der Waals surface area (Å²) >= 11 is 1.60. The van der Waals surface area contributed by atoms with Gasteiger partial charge < -0.3 is 10.1 Å². The zero-order valence-corrected chi connectivity index (χ0v) is 13.3. The Hall–Kier alpha value is -0.910. The Morgan fingerprint density at radius 3 is 2.50 bits per heavy atom. The van der Waals surface area contributed by atoms with Crippen LogP contribution in [0.2, 0.25) is 0 Å². The lowest BCUT2D eigenvalue weighted by atomic mass is 10.2. The molecule has 1 atom stereocenters. The first kappa shape index (κ1) is 15.5. The maximum atomic E-state index is 12.3. The summed E-state index contributed by atoms with van der Waals surface area (Å²) < 4.78 is 5.37. The fourth-order valence-corrected chi connectivity index (χ4v) is 3.67. The second kappa shape index (κ2) is 6.24. The number of ether oxygens (including phenoxy) is 1. The van der Waals surface area contributed by atoms with Crippen molar-refractivity contribution in [2.24, 2.45) is 0 Å². The summed E-state index contributed by atoms with van der Waals surface area (Å²) in [6, 6.07) is -0.107. The number of nitrogens with one attached hydrogen (secondary N) is 1. The van der Waals surface area contributed by atoms with Gasteiger partial charge >= 0.3 is 6.09 Å². The molecule has 1 aliphatic carbocycles. The van der Waals surface area contributed by atoms with Crippen molar-refractivity contribution in [3.63, 3.8) is 0 Å². The fraction of sp³-hybridized carbons (Fsp3) is 0.857. The van der Waals surface area contributed by atoms with E-state index in [0.29, 0.717) is 11.6 Å². The van der Waals surface area contributed by atoms with Gasteiger partial charge in [-0.2, -0.15) is 0 Å². The lowest BCUT2D eigenvalue weighted by Gasteiger charge is -2.28. The van der Waals surface area contributed by atoms with Crippen molar-refractivity contribution in [3.8, 4) is 0 Å². The highest BCUT2D eigenvalue weighted by molar-refractivity contribution is 7.99. The van der Waals surface area contributed by atoms with Gasteiger partial charge in [-0.05, 0) is 33.6 Å². The zero-order chi connectivity index (χ0) is 14.8. The van der Waals surface area contributed by atoms with Gasteiger partial charge in [-0.25, -0.2) is 4.79 Å². The molecule has 0 radical (unpaired) electrons. The summed E-state index contributed by atoms with van der Waals surface area (Å²) in [5, 5.41) is 3.07. The zero-order valence-electron chi connectivity index (χ0n) is 12.5. The normalized spacial score (nSPS) is 23.9. The van der Waals surface area contributed by atoms with Crippen LogP contribution in [0.3, 0.4) is 0 Å². The quantitative estimate of drug-likeness (QED) is 0.850. The van der Waals surface area contributed by atoms with Gasteiger partial charge in [0.15, 0.2) is 0 Å². The Morgan fingerprint density at radius 1 is 1.25 bits per heavy atom. The van der Waals surface area contributed by atoms with Crippen LogP contribution in [0.5, 0.6) is 0 Å². The van der Waals surface area contributed by atoms with Crippen molar-refractivity contribution in [3.05, 3.63) is 0 Å². The number of carbonyl (C=O) groups is 2. The second-order valence-corrected chi connectivity index (χ2v) is 7.46. The lowest BCUT2D eigenvalue weighted by Crippen LogP contribution is -2.50. The fourth-order valence-electron chi connectivity index (χ4n) is 2.53. The summed E-state index contributed by atoms with van der Waals surface area (Å²) in [5.74, 6) is 1.14. The molecule has 1 saturated carbocycles. The molecular weight excluding hydrogens is 276 g/mol. The second-order valence-electron chi connectivity index (χ2n) is 6.46. The highest BCUT2D eigenvalue weighted by Gasteiger charge is 2.37. The van der Waals surface area contributed by atoms with E-state index in [1.165, 1.54) is 12.8 Å². The SMILES string of the molecule is CC(C)(C)OC(=O)N1CSC[C@@H]1C(=O)NC1CCCC1. The van der Waals surface area contributed by atoms with Crippen LogP contribution in [0.15, 0.2) is 0 Å². The minimum absolute atomic E-state index is 0.0345. The number of thioether (sulfide) groups is 1. The van der Waals surface area contributed by atoms with E-state index >= 15 is 0 Å². The molecule has 0 bridgehead atoms. The highest BCUT2D eigenvalue weighted by Crippen LogP contribution is 2.25. The molecule has 1 aliphatic heterocycles. The number of rotatable bonds is 2. The predicted molar refractivity (Wildman–Crippen MR) is 79.6 cm³/mol. The van der Waals surface area contributed by atoms with Gasteiger partial charge in [0, 0.05) is 11.8 Å². The van der Waals surface area contributed by atoms with Crippen molar-refractivity contribution < 1.29 is 14.3 Å². The van der Waals surface area contributed by atoms with Crippen molar-refractivity contribution in [1.82, 2.24) is 10.2 Å². The Kier molecular flexibility index (Phi) is 4.83. The third-order valence-electron chi connectivity index (χ3n) is 3.51. The van der Waals surface area contributed by atoms with Gasteiger partial charge in [0.05, 0.1) is 5.88 Å². The molecule has 0 spiro atoms.